The van der Waals surface area contributed by atoms with Crippen molar-refractivity contribution in [3.05, 3.63) is 63.2 Å². The number of hydrogen-bond donors (Lipinski definition) is 1. The second-order valence-electron chi connectivity index (χ2n) is 6.41. The monoisotopic (exact) mass is 414 g/mol. The number of carbonyl (C=O) groups excluding carboxylic acids is 3. The Bertz CT molecular complexity index is 1020. The summed E-state index contributed by atoms with van der Waals surface area (Å²) in [6, 6.07) is 8.41. The molecule has 1 aliphatic rings. The summed E-state index contributed by atoms with van der Waals surface area (Å²) in [6.45, 7) is 0.464. The van der Waals surface area contributed by atoms with Gasteiger partial charge in [-0.3, -0.25) is 24.5 Å². The molecular formula is C20H18N2O8. The number of carbonyl (C=O) groups is 3. The van der Waals surface area contributed by atoms with Gasteiger partial charge in [-0.1, -0.05) is 0 Å². The fourth-order valence-corrected chi connectivity index (χ4v) is 2.82. The van der Waals surface area contributed by atoms with Crippen LogP contribution in [0.5, 0.6) is 11.5 Å². The second kappa shape index (κ2) is 9.03. The number of nitro benzene ring substituents is 1. The first kappa shape index (κ1) is 20.8. The molecule has 2 N–H and O–H groups in total. The molecule has 0 bridgehead atoms. The number of ether oxygens (including phenoxy) is 3. The van der Waals surface area contributed by atoms with E-state index >= 15 is 0 Å². The van der Waals surface area contributed by atoms with Crippen LogP contribution in [0.15, 0.2) is 36.4 Å². The van der Waals surface area contributed by atoms with Gasteiger partial charge in [0.15, 0.2) is 17.3 Å². The topological polar surface area (TPSA) is 148 Å². The van der Waals surface area contributed by atoms with Gasteiger partial charge in [-0.25, -0.2) is 0 Å². The third-order valence-corrected chi connectivity index (χ3v) is 4.38. The summed E-state index contributed by atoms with van der Waals surface area (Å²) in [5, 5.41) is 11.2. The van der Waals surface area contributed by atoms with E-state index in [9.17, 15) is 24.5 Å². The lowest BCUT2D eigenvalue weighted by atomic mass is 10.1. The summed E-state index contributed by atoms with van der Waals surface area (Å²) in [6.07, 6.45) is -0.290. The number of Topliss-reactive ketones (excluding diaryl/α,β-unsaturated/α-hetero) is 1. The van der Waals surface area contributed by atoms with Crippen LogP contribution in [0.3, 0.4) is 0 Å². The lowest BCUT2D eigenvalue weighted by molar-refractivity contribution is -0.385. The average molecular weight is 414 g/mol. The quantitative estimate of drug-likeness (QED) is 0.299. The Morgan fingerprint density at radius 3 is 2.40 bits per heavy atom. The highest BCUT2D eigenvalue weighted by molar-refractivity contribution is 5.98. The van der Waals surface area contributed by atoms with E-state index in [1.54, 1.807) is 18.2 Å². The summed E-state index contributed by atoms with van der Waals surface area (Å²) in [5.74, 6) is -0.739. The first-order valence-corrected chi connectivity index (χ1v) is 9.00. The maximum atomic E-state index is 12.3. The summed E-state index contributed by atoms with van der Waals surface area (Å²) in [7, 11) is 0. The average Bonchev–Trinajstić information content (AvgIpc) is 2.75. The van der Waals surface area contributed by atoms with Crippen molar-refractivity contribution in [3.8, 4) is 11.5 Å². The van der Waals surface area contributed by atoms with Crippen molar-refractivity contribution in [3.63, 3.8) is 0 Å². The van der Waals surface area contributed by atoms with Crippen LogP contribution in [0.25, 0.3) is 0 Å². The number of rotatable bonds is 8. The SMILES string of the molecule is NC(=O)c1ccc(COC(=O)CCC(=O)c2ccc3c(c2)OCCO3)c([N+](=O)[O-])c1. The fourth-order valence-electron chi connectivity index (χ4n) is 2.82. The van der Waals surface area contributed by atoms with Gasteiger partial charge in [0, 0.05) is 23.6 Å². The molecule has 2 aromatic carbocycles. The Labute approximate surface area is 170 Å². The van der Waals surface area contributed by atoms with Crippen LogP contribution in [-0.2, 0) is 16.1 Å². The number of fused-ring (bicyclic) bond motifs is 1. The van der Waals surface area contributed by atoms with Crippen LogP contribution in [0, 0.1) is 10.1 Å². The van der Waals surface area contributed by atoms with E-state index in [0.717, 1.165) is 6.07 Å². The number of primary amides is 1. The summed E-state index contributed by atoms with van der Waals surface area (Å²) in [5.41, 5.74) is 5.19. The number of nitrogens with zero attached hydrogens (tertiary/aromatic N) is 1. The molecule has 10 nitrogen and oxygen atoms in total. The van der Waals surface area contributed by atoms with Crippen molar-refractivity contribution in [2.45, 2.75) is 19.4 Å². The number of ketones is 1. The Hall–Kier alpha value is -3.95. The van der Waals surface area contributed by atoms with Gasteiger partial charge in [0.05, 0.1) is 16.9 Å². The Morgan fingerprint density at radius 2 is 1.70 bits per heavy atom. The number of esters is 1. The zero-order valence-electron chi connectivity index (χ0n) is 15.8. The van der Waals surface area contributed by atoms with Crippen molar-refractivity contribution >= 4 is 23.3 Å². The molecule has 1 amide bonds. The predicted molar refractivity (Wildman–Crippen MR) is 102 cm³/mol. The van der Waals surface area contributed by atoms with Crippen LogP contribution in [0.2, 0.25) is 0 Å². The third-order valence-electron chi connectivity index (χ3n) is 4.38. The van der Waals surface area contributed by atoms with Crippen LogP contribution in [0.1, 0.15) is 39.1 Å². The normalized spacial score (nSPS) is 12.1. The number of hydrogen-bond acceptors (Lipinski definition) is 8. The molecule has 0 atom stereocenters. The minimum atomic E-state index is -0.806. The molecule has 0 saturated heterocycles. The van der Waals surface area contributed by atoms with E-state index in [0.29, 0.717) is 30.3 Å². The highest BCUT2D eigenvalue weighted by Crippen LogP contribution is 2.31. The standard InChI is InChI=1S/C20H18N2O8/c21-20(25)13-1-2-14(15(9-13)22(26)27)11-30-19(24)6-4-16(23)12-3-5-17-18(10-12)29-8-7-28-17/h1-3,5,9-10H,4,6-8,11H2,(H2,21,25). The minimum absolute atomic E-state index is 0.0261. The molecule has 2 aromatic rings. The van der Waals surface area contributed by atoms with Gasteiger partial charge in [-0.15, -0.1) is 0 Å². The van der Waals surface area contributed by atoms with Crippen LogP contribution < -0.4 is 15.2 Å². The van der Waals surface area contributed by atoms with E-state index < -0.39 is 16.8 Å². The van der Waals surface area contributed by atoms with E-state index in [4.69, 9.17) is 19.9 Å². The Kier molecular flexibility index (Phi) is 6.26. The summed E-state index contributed by atoms with van der Waals surface area (Å²) >= 11 is 0. The van der Waals surface area contributed by atoms with Gasteiger partial charge in [-0.2, -0.15) is 0 Å². The van der Waals surface area contributed by atoms with Crippen LogP contribution >= 0.6 is 0 Å². The maximum absolute atomic E-state index is 12.3. The molecule has 0 aromatic heterocycles. The van der Waals surface area contributed by atoms with Crippen molar-refractivity contribution < 1.29 is 33.5 Å². The Balaban J connectivity index is 1.56. The number of benzene rings is 2. The molecule has 0 fully saturated rings. The molecule has 156 valence electrons. The first-order valence-electron chi connectivity index (χ1n) is 9.00. The lowest BCUT2D eigenvalue weighted by Gasteiger charge is -2.18. The first-order chi connectivity index (χ1) is 14.3. The van der Waals surface area contributed by atoms with E-state index in [1.165, 1.54) is 12.1 Å². The predicted octanol–water partition coefficient (Wildman–Crippen LogP) is 2.17. The molecule has 0 spiro atoms. The molecule has 3 rings (SSSR count). The lowest BCUT2D eigenvalue weighted by Crippen LogP contribution is -2.16. The maximum Gasteiger partial charge on any atom is 0.306 e. The Morgan fingerprint density at radius 1 is 1.00 bits per heavy atom. The number of amides is 1. The van der Waals surface area contributed by atoms with Gasteiger partial charge in [-0.05, 0) is 30.3 Å². The van der Waals surface area contributed by atoms with Gasteiger partial charge in [0.1, 0.15) is 19.8 Å². The summed E-state index contributed by atoms with van der Waals surface area (Å²) in [4.78, 5) is 45.9. The molecule has 0 radical (unpaired) electrons. The molecular weight excluding hydrogens is 396 g/mol. The van der Waals surface area contributed by atoms with E-state index in [-0.39, 0.29) is 42.0 Å². The molecule has 10 heteroatoms. The molecule has 0 aliphatic carbocycles. The smallest absolute Gasteiger partial charge is 0.306 e. The van der Waals surface area contributed by atoms with Crippen molar-refractivity contribution in [2.24, 2.45) is 5.73 Å². The largest absolute Gasteiger partial charge is 0.486 e. The van der Waals surface area contributed by atoms with Gasteiger partial charge < -0.3 is 19.9 Å². The number of nitrogens with two attached hydrogens (primary N) is 1. The third kappa shape index (κ3) is 4.90. The second-order valence-corrected chi connectivity index (χ2v) is 6.41. The zero-order valence-corrected chi connectivity index (χ0v) is 15.8. The van der Waals surface area contributed by atoms with Crippen LogP contribution in [0.4, 0.5) is 5.69 Å². The van der Waals surface area contributed by atoms with Gasteiger partial charge >= 0.3 is 5.97 Å². The van der Waals surface area contributed by atoms with E-state index in [1.807, 2.05) is 0 Å². The molecule has 30 heavy (non-hydrogen) atoms. The zero-order chi connectivity index (χ0) is 21.7. The van der Waals surface area contributed by atoms with Gasteiger partial charge in [0.2, 0.25) is 5.91 Å². The molecule has 0 saturated carbocycles. The number of nitro groups is 1. The van der Waals surface area contributed by atoms with E-state index in [2.05, 4.69) is 0 Å². The molecule has 0 unspecified atom stereocenters. The fraction of sp³-hybridized carbons (Fsp3) is 0.250. The van der Waals surface area contributed by atoms with Crippen LogP contribution in [-0.4, -0.2) is 35.8 Å². The molecule has 1 aliphatic heterocycles. The van der Waals surface area contributed by atoms with Crippen molar-refractivity contribution in [2.75, 3.05) is 13.2 Å². The summed E-state index contributed by atoms with van der Waals surface area (Å²) < 4.78 is 15.9. The van der Waals surface area contributed by atoms with Crippen molar-refractivity contribution in [1.29, 1.82) is 0 Å². The highest BCUT2D eigenvalue weighted by atomic mass is 16.6. The minimum Gasteiger partial charge on any atom is -0.486 e. The van der Waals surface area contributed by atoms with Crippen molar-refractivity contribution in [1.82, 2.24) is 0 Å². The highest BCUT2D eigenvalue weighted by Gasteiger charge is 2.19. The van der Waals surface area contributed by atoms with Gasteiger partial charge in [0.25, 0.3) is 5.69 Å². The molecule has 1 heterocycles.